The Bertz CT molecular complexity index is 924. The van der Waals surface area contributed by atoms with E-state index in [9.17, 15) is 4.79 Å². The fraction of sp³-hybridized carbons (Fsp3) is 0.368. The summed E-state index contributed by atoms with van der Waals surface area (Å²) in [5.41, 5.74) is 2.00. The maximum atomic E-state index is 12.7. The summed E-state index contributed by atoms with van der Waals surface area (Å²) < 4.78 is 1.03. The maximum Gasteiger partial charge on any atom is 0.260 e. The number of hydrogen-bond acceptors (Lipinski definition) is 3. The van der Waals surface area contributed by atoms with Crippen molar-refractivity contribution < 1.29 is 4.90 Å². The van der Waals surface area contributed by atoms with Crippen molar-refractivity contribution in [2.45, 2.75) is 32.2 Å². The van der Waals surface area contributed by atoms with E-state index >= 15 is 0 Å². The van der Waals surface area contributed by atoms with Gasteiger partial charge in [0, 0.05) is 15.4 Å². The van der Waals surface area contributed by atoms with Gasteiger partial charge >= 0.3 is 0 Å². The van der Waals surface area contributed by atoms with Crippen LogP contribution in [-0.2, 0) is 6.54 Å². The summed E-state index contributed by atoms with van der Waals surface area (Å²) in [4.78, 5) is 22.9. The van der Waals surface area contributed by atoms with E-state index < -0.39 is 0 Å². The molecule has 0 radical (unpaired) electrons. The topological polar surface area (TPSA) is 50.2 Å². The molecule has 0 amide bonds. The second kappa shape index (κ2) is 7.40. The summed E-state index contributed by atoms with van der Waals surface area (Å²) in [6.07, 6.45) is 5.20. The number of H-pyrrole nitrogens is 1. The van der Waals surface area contributed by atoms with Gasteiger partial charge in [-0.25, -0.2) is 4.98 Å². The lowest BCUT2D eigenvalue weighted by Gasteiger charge is -2.16. The van der Waals surface area contributed by atoms with Crippen molar-refractivity contribution in [1.29, 1.82) is 0 Å². The molecule has 130 valence electrons. The highest BCUT2D eigenvalue weighted by Crippen LogP contribution is 2.31. The number of nitrogens with zero attached hydrogens (tertiary/aromatic N) is 1. The van der Waals surface area contributed by atoms with Gasteiger partial charge in [0.2, 0.25) is 0 Å². The van der Waals surface area contributed by atoms with Crippen LogP contribution in [0, 0.1) is 0 Å². The number of benzene rings is 1. The Morgan fingerprint density at radius 1 is 1.12 bits per heavy atom. The lowest BCUT2D eigenvalue weighted by atomic mass is 10.1. The third-order valence-corrected chi connectivity index (χ3v) is 6.28. The van der Waals surface area contributed by atoms with Crippen LogP contribution >= 0.6 is 27.3 Å². The highest BCUT2D eigenvalue weighted by atomic mass is 79.9. The molecule has 1 saturated heterocycles. The lowest BCUT2D eigenvalue weighted by molar-refractivity contribution is -0.913. The predicted octanol–water partition coefficient (Wildman–Crippen LogP) is 3.37. The second-order valence-electron chi connectivity index (χ2n) is 6.69. The van der Waals surface area contributed by atoms with Crippen molar-refractivity contribution in [3.8, 4) is 11.1 Å². The fourth-order valence-corrected chi connectivity index (χ4v) is 4.79. The van der Waals surface area contributed by atoms with E-state index in [0.717, 1.165) is 32.8 Å². The largest absolute Gasteiger partial charge is 0.329 e. The fourth-order valence-electron chi connectivity index (χ4n) is 3.56. The van der Waals surface area contributed by atoms with Crippen LogP contribution in [0.2, 0.25) is 0 Å². The average molecular weight is 419 g/mol. The van der Waals surface area contributed by atoms with Gasteiger partial charge in [-0.15, -0.1) is 11.3 Å². The molecule has 0 bridgehead atoms. The SMILES string of the molecule is O=c1[nH]c(C[NH+]2CCCCCC2)nc2scc(-c3ccc(Br)cc3)c12. The molecule has 2 N–H and O–H groups in total. The molecule has 6 heteroatoms. The first-order valence-corrected chi connectivity index (χ1v) is 10.5. The average Bonchev–Trinajstić information content (AvgIpc) is 2.86. The molecule has 1 aliphatic rings. The van der Waals surface area contributed by atoms with Gasteiger partial charge in [-0.3, -0.25) is 4.79 Å². The molecule has 0 aliphatic carbocycles. The van der Waals surface area contributed by atoms with Crippen molar-refractivity contribution >= 4 is 37.5 Å². The summed E-state index contributed by atoms with van der Waals surface area (Å²) in [7, 11) is 0. The second-order valence-corrected chi connectivity index (χ2v) is 8.46. The Balaban J connectivity index is 1.67. The Hall–Kier alpha value is -1.50. The number of likely N-dealkylation sites (tertiary alicyclic amines) is 1. The summed E-state index contributed by atoms with van der Waals surface area (Å²) in [5.74, 6) is 0.818. The van der Waals surface area contributed by atoms with Crippen LogP contribution in [-0.4, -0.2) is 23.1 Å². The van der Waals surface area contributed by atoms with Crippen molar-refractivity contribution in [2.24, 2.45) is 0 Å². The van der Waals surface area contributed by atoms with Crippen LogP contribution in [0.25, 0.3) is 21.3 Å². The Morgan fingerprint density at radius 2 is 1.84 bits per heavy atom. The van der Waals surface area contributed by atoms with E-state index in [-0.39, 0.29) is 5.56 Å². The van der Waals surface area contributed by atoms with Gasteiger partial charge in [0.1, 0.15) is 11.4 Å². The standard InChI is InChI=1S/C19H20BrN3OS/c20-14-7-5-13(6-8-14)15-12-25-19-17(15)18(24)21-16(22-19)11-23-9-3-1-2-4-10-23/h5-8,12H,1-4,9-11H2,(H,21,22,24)/p+1. The van der Waals surface area contributed by atoms with E-state index in [1.165, 1.54) is 43.7 Å². The zero-order chi connectivity index (χ0) is 17.2. The molecular formula is C19H21BrN3OS+. The van der Waals surface area contributed by atoms with Crippen molar-refractivity contribution in [1.82, 2.24) is 9.97 Å². The quantitative estimate of drug-likeness (QED) is 0.684. The molecule has 1 fully saturated rings. The van der Waals surface area contributed by atoms with E-state index in [4.69, 9.17) is 4.98 Å². The van der Waals surface area contributed by atoms with E-state index in [1.54, 1.807) is 11.3 Å². The van der Waals surface area contributed by atoms with Gasteiger partial charge in [-0.05, 0) is 43.4 Å². The molecule has 0 unspecified atom stereocenters. The van der Waals surface area contributed by atoms with Crippen LogP contribution in [0.15, 0.2) is 38.9 Å². The first-order chi connectivity index (χ1) is 12.2. The molecule has 1 aliphatic heterocycles. The number of fused-ring (bicyclic) bond motifs is 1. The number of aromatic amines is 1. The van der Waals surface area contributed by atoms with Gasteiger partial charge in [0.05, 0.1) is 18.5 Å². The molecule has 0 atom stereocenters. The summed E-state index contributed by atoms with van der Waals surface area (Å²) in [6, 6.07) is 8.05. The van der Waals surface area contributed by atoms with Crippen molar-refractivity contribution in [3.05, 3.63) is 50.3 Å². The molecule has 0 spiro atoms. The van der Waals surface area contributed by atoms with E-state index in [0.29, 0.717) is 5.39 Å². The minimum absolute atomic E-state index is 0.0200. The van der Waals surface area contributed by atoms with E-state index in [2.05, 4.69) is 20.9 Å². The Labute approximate surface area is 159 Å². The third-order valence-electron chi connectivity index (χ3n) is 4.88. The van der Waals surface area contributed by atoms with E-state index in [1.807, 2.05) is 29.6 Å². The molecular weight excluding hydrogens is 398 g/mol. The molecule has 4 rings (SSSR count). The predicted molar refractivity (Wildman–Crippen MR) is 106 cm³/mol. The summed E-state index contributed by atoms with van der Waals surface area (Å²) in [5, 5.41) is 2.75. The molecule has 4 nitrogen and oxygen atoms in total. The highest BCUT2D eigenvalue weighted by molar-refractivity contribution is 9.10. The Kier molecular flexibility index (Phi) is 5.01. The number of hydrogen-bond donors (Lipinski definition) is 2. The minimum Gasteiger partial charge on any atom is -0.329 e. The van der Waals surface area contributed by atoms with Crippen LogP contribution < -0.4 is 10.5 Å². The minimum atomic E-state index is -0.0200. The van der Waals surface area contributed by atoms with Gasteiger partial charge in [-0.1, -0.05) is 28.1 Å². The Morgan fingerprint density at radius 3 is 2.56 bits per heavy atom. The summed E-state index contributed by atoms with van der Waals surface area (Å²) in [6.45, 7) is 3.17. The van der Waals surface area contributed by atoms with Crippen LogP contribution in [0.1, 0.15) is 31.5 Å². The monoisotopic (exact) mass is 418 g/mol. The number of quaternary nitrogens is 1. The summed E-state index contributed by atoms with van der Waals surface area (Å²) >= 11 is 5.01. The zero-order valence-electron chi connectivity index (χ0n) is 14.0. The van der Waals surface area contributed by atoms with Crippen molar-refractivity contribution in [3.63, 3.8) is 0 Å². The number of rotatable bonds is 3. The lowest BCUT2D eigenvalue weighted by Crippen LogP contribution is -3.10. The number of aromatic nitrogens is 2. The third kappa shape index (κ3) is 3.71. The first kappa shape index (κ1) is 16.9. The number of halogens is 1. The van der Waals surface area contributed by atoms with Crippen LogP contribution in [0.5, 0.6) is 0 Å². The van der Waals surface area contributed by atoms with Gasteiger partial charge in [0.25, 0.3) is 5.56 Å². The smallest absolute Gasteiger partial charge is 0.260 e. The molecule has 1 aromatic carbocycles. The molecule has 2 aromatic heterocycles. The number of thiophene rings is 1. The van der Waals surface area contributed by atoms with Gasteiger partial charge in [0.15, 0.2) is 5.82 Å². The van der Waals surface area contributed by atoms with Crippen LogP contribution in [0.3, 0.4) is 0 Å². The highest BCUT2D eigenvalue weighted by Gasteiger charge is 2.17. The molecule has 3 aromatic rings. The molecule has 25 heavy (non-hydrogen) atoms. The van der Waals surface area contributed by atoms with Crippen LogP contribution in [0.4, 0.5) is 0 Å². The molecule has 3 heterocycles. The molecule has 0 saturated carbocycles. The first-order valence-electron chi connectivity index (χ1n) is 8.80. The number of nitrogens with one attached hydrogen (secondary N) is 2. The zero-order valence-corrected chi connectivity index (χ0v) is 16.4. The maximum absolute atomic E-state index is 12.7. The van der Waals surface area contributed by atoms with Gasteiger partial charge < -0.3 is 9.88 Å². The normalized spacial score (nSPS) is 16.2. The van der Waals surface area contributed by atoms with Crippen molar-refractivity contribution in [2.75, 3.05) is 13.1 Å². The van der Waals surface area contributed by atoms with Gasteiger partial charge in [-0.2, -0.15) is 0 Å².